The molecule has 7 heteroatoms. The Hall–Kier alpha value is -2.57. The number of hydrogen-bond donors (Lipinski definition) is 1. The third kappa shape index (κ3) is 3.77. The van der Waals surface area contributed by atoms with Crippen LogP contribution in [0.2, 0.25) is 0 Å². The van der Waals surface area contributed by atoms with E-state index in [4.69, 9.17) is 9.47 Å². The summed E-state index contributed by atoms with van der Waals surface area (Å²) in [5.41, 5.74) is -0.126. The molecule has 1 saturated carbocycles. The Morgan fingerprint density at radius 2 is 2.07 bits per heavy atom. The predicted octanol–water partition coefficient (Wildman–Crippen LogP) is 2.63. The zero-order valence-corrected chi connectivity index (χ0v) is 15.8. The molecule has 1 heterocycles. The predicted molar refractivity (Wildman–Crippen MR) is 98.0 cm³/mol. The summed E-state index contributed by atoms with van der Waals surface area (Å²) in [6, 6.07) is 6.77. The number of rotatable bonds is 6. The number of hydrogen-bond acceptors (Lipinski definition) is 5. The third-order valence-electron chi connectivity index (χ3n) is 5.45. The van der Waals surface area contributed by atoms with E-state index in [2.05, 4.69) is 5.32 Å². The number of para-hydroxylation sites is 1. The molecule has 1 aliphatic carbocycles. The van der Waals surface area contributed by atoms with Gasteiger partial charge in [-0.05, 0) is 31.7 Å². The van der Waals surface area contributed by atoms with Crippen LogP contribution in [0, 0.1) is 5.92 Å². The van der Waals surface area contributed by atoms with Gasteiger partial charge in [0.05, 0.1) is 6.61 Å². The Labute approximate surface area is 159 Å². The molecule has 2 atom stereocenters. The van der Waals surface area contributed by atoms with Crippen LogP contribution in [0.4, 0.5) is 4.79 Å². The van der Waals surface area contributed by atoms with Crippen LogP contribution in [0.3, 0.4) is 0 Å². The lowest BCUT2D eigenvalue weighted by Gasteiger charge is -2.36. The van der Waals surface area contributed by atoms with Crippen molar-refractivity contribution in [2.45, 2.75) is 51.7 Å². The molecule has 1 N–H and O–H groups in total. The number of benzene rings is 1. The van der Waals surface area contributed by atoms with Crippen LogP contribution in [-0.4, -0.2) is 41.5 Å². The Morgan fingerprint density at radius 1 is 1.30 bits per heavy atom. The van der Waals surface area contributed by atoms with E-state index in [-0.39, 0.29) is 25.0 Å². The summed E-state index contributed by atoms with van der Waals surface area (Å²) in [7, 11) is 0. The van der Waals surface area contributed by atoms with Crippen LogP contribution in [0.15, 0.2) is 24.3 Å². The maximum Gasteiger partial charge on any atom is 0.326 e. The van der Waals surface area contributed by atoms with Crippen LogP contribution < -0.4 is 10.1 Å². The van der Waals surface area contributed by atoms with Crippen molar-refractivity contribution in [2.24, 2.45) is 5.92 Å². The largest absolute Gasteiger partial charge is 0.493 e. The Balaban J connectivity index is 1.61. The molecule has 3 rings (SSSR count). The number of nitrogens with one attached hydrogen (secondary N) is 1. The third-order valence-corrected chi connectivity index (χ3v) is 5.45. The van der Waals surface area contributed by atoms with Crippen molar-refractivity contribution in [3.8, 4) is 5.75 Å². The van der Waals surface area contributed by atoms with Crippen molar-refractivity contribution in [3.63, 3.8) is 0 Å². The lowest BCUT2D eigenvalue weighted by atomic mass is 9.73. The average Bonchev–Trinajstić information content (AvgIpc) is 2.89. The molecule has 2 aliphatic rings. The van der Waals surface area contributed by atoms with Gasteiger partial charge in [0.2, 0.25) is 0 Å². The topological polar surface area (TPSA) is 84.9 Å². The van der Waals surface area contributed by atoms with Gasteiger partial charge in [-0.25, -0.2) is 4.79 Å². The van der Waals surface area contributed by atoms with E-state index in [1.807, 2.05) is 32.0 Å². The van der Waals surface area contributed by atoms with Gasteiger partial charge < -0.3 is 14.8 Å². The molecule has 0 radical (unpaired) electrons. The number of carbonyl (C=O) groups excluding carboxylic acids is 3. The molecule has 1 aromatic carbocycles. The Bertz CT molecular complexity index is 735. The number of urea groups is 1. The minimum atomic E-state index is -0.864. The highest BCUT2D eigenvalue weighted by Crippen LogP contribution is 2.38. The van der Waals surface area contributed by atoms with Gasteiger partial charge in [0.15, 0.2) is 0 Å². The second-order valence-corrected chi connectivity index (χ2v) is 7.14. The quantitative estimate of drug-likeness (QED) is 0.611. The highest BCUT2D eigenvalue weighted by Gasteiger charge is 2.55. The molecular formula is C20H26N2O5. The number of amides is 3. The van der Waals surface area contributed by atoms with Gasteiger partial charge in [-0.3, -0.25) is 14.5 Å². The molecule has 1 saturated heterocycles. The minimum Gasteiger partial charge on any atom is -0.493 e. The summed E-state index contributed by atoms with van der Waals surface area (Å²) in [5, 5.41) is 2.83. The second-order valence-electron chi connectivity index (χ2n) is 7.14. The molecule has 1 aromatic rings. The van der Waals surface area contributed by atoms with E-state index in [1.54, 1.807) is 6.07 Å². The van der Waals surface area contributed by atoms with Gasteiger partial charge in [-0.2, -0.15) is 0 Å². The summed E-state index contributed by atoms with van der Waals surface area (Å²) >= 11 is 0. The molecule has 1 aliphatic heterocycles. The van der Waals surface area contributed by atoms with Crippen molar-refractivity contribution in [3.05, 3.63) is 29.8 Å². The molecule has 27 heavy (non-hydrogen) atoms. The van der Waals surface area contributed by atoms with Crippen LogP contribution in [0.25, 0.3) is 0 Å². The van der Waals surface area contributed by atoms with Crippen molar-refractivity contribution in [2.75, 3.05) is 13.2 Å². The smallest absolute Gasteiger partial charge is 0.326 e. The van der Waals surface area contributed by atoms with Gasteiger partial charge in [0.25, 0.3) is 5.91 Å². The zero-order valence-electron chi connectivity index (χ0n) is 15.8. The number of esters is 1. The molecule has 0 bridgehead atoms. The monoisotopic (exact) mass is 374 g/mol. The SMILES string of the molecule is CCOc1ccccc1COC(=O)CN1C(=O)N[C@@]2(CCCC[C@H]2C)C1=O. The first-order valence-corrected chi connectivity index (χ1v) is 9.48. The number of imide groups is 1. The summed E-state index contributed by atoms with van der Waals surface area (Å²) in [6.07, 6.45) is 3.45. The second kappa shape index (κ2) is 7.98. The highest BCUT2D eigenvalue weighted by molar-refractivity contribution is 6.08. The summed E-state index contributed by atoms with van der Waals surface area (Å²) in [4.78, 5) is 38.4. The van der Waals surface area contributed by atoms with Gasteiger partial charge in [-0.15, -0.1) is 0 Å². The first-order chi connectivity index (χ1) is 13.0. The summed E-state index contributed by atoms with van der Waals surface area (Å²) in [5.74, 6) is -0.226. The van der Waals surface area contributed by atoms with Crippen LogP contribution in [-0.2, 0) is 20.9 Å². The van der Waals surface area contributed by atoms with E-state index in [0.717, 1.165) is 29.7 Å². The van der Waals surface area contributed by atoms with Crippen molar-refractivity contribution in [1.82, 2.24) is 10.2 Å². The molecule has 2 fully saturated rings. The summed E-state index contributed by atoms with van der Waals surface area (Å²) < 4.78 is 10.8. The first kappa shape index (κ1) is 19.2. The maximum atomic E-state index is 12.9. The number of nitrogens with zero attached hydrogens (tertiary/aromatic N) is 1. The van der Waals surface area contributed by atoms with Crippen molar-refractivity contribution in [1.29, 1.82) is 0 Å². The molecular weight excluding hydrogens is 348 g/mol. The molecule has 1 spiro atoms. The van der Waals surface area contributed by atoms with Crippen LogP contribution in [0.1, 0.15) is 45.1 Å². The van der Waals surface area contributed by atoms with E-state index in [1.165, 1.54) is 0 Å². The van der Waals surface area contributed by atoms with Crippen molar-refractivity contribution >= 4 is 17.9 Å². The van der Waals surface area contributed by atoms with E-state index < -0.39 is 17.5 Å². The fraction of sp³-hybridized carbons (Fsp3) is 0.550. The first-order valence-electron chi connectivity index (χ1n) is 9.48. The van der Waals surface area contributed by atoms with E-state index >= 15 is 0 Å². The fourth-order valence-electron chi connectivity index (χ4n) is 3.89. The molecule has 3 amide bonds. The lowest BCUT2D eigenvalue weighted by molar-refractivity contribution is -0.149. The van der Waals surface area contributed by atoms with Crippen LogP contribution in [0.5, 0.6) is 5.75 Å². The average molecular weight is 374 g/mol. The normalized spacial score (nSPS) is 24.8. The minimum absolute atomic E-state index is 0.0280. The standard InChI is InChI=1S/C20H26N2O5/c1-3-26-16-10-5-4-9-15(16)13-27-17(23)12-22-18(24)20(21-19(22)25)11-7-6-8-14(20)2/h4-5,9-10,14H,3,6-8,11-13H2,1-2H3,(H,21,25)/t14-,20-/m1/s1. The zero-order chi connectivity index (χ0) is 19.4. The number of ether oxygens (including phenoxy) is 2. The molecule has 146 valence electrons. The van der Waals surface area contributed by atoms with Gasteiger partial charge in [0.1, 0.15) is 24.4 Å². The molecule has 7 nitrogen and oxygen atoms in total. The fourth-order valence-corrected chi connectivity index (χ4v) is 3.89. The van der Waals surface area contributed by atoms with Crippen LogP contribution >= 0.6 is 0 Å². The molecule has 0 aromatic heterocycles. The molecule has 0 unspecified atom stereocenters. The lowest BCUT2D eigenvalue weighted by Crippen LogP contribution is -2.54. The van der Waals surface area contributed by atoms with Gasteiger partial charge in [0, 0.05) is 5.56 Å². The number of carbonyl (C=O) groups is 3. The van der Waals surface area contributed by atoms with Crippen molar-refractivity contribution < 1.29 is 23.9 Å². The van der Waals surface area contributed by atoms with E-state index in [0.29, 0.717) is 18.8 Å². The Kier molecular flexibility index (Phi) is 5.68. The van der Waals surface area contributed by atoms with Gasteiger partial charge in [-0.1, -0.05) is 38.0 Å². The summed E-state index contributed by atoms with van der Waals surface area (Å²) in [6.45, 7) is 4.01. The maximum absolute atomic E-state index is 12.9. The van der Waals surface area contributed by atoms with E-state index in [9.17, 15) is 14.4 Å². The Morgan fingerprint density at radius 3 is 2.81 bits per heavy atom. The highest BCUT2D eigenvalue weighted by atomic mass is 16.5. The van der Waals surface area contributed by atoms with Gasteiger partial charge >= 0.3 is 12.0 Å².